The Kier molecular flexibility index (Phi) is 3.62. The zero-order valence-electron chi connectivity index (χ0n) is 7.85. The zero-order valence-corrected chi connectivity index (χ0v) is 8.67. The van der Waals surface area contributed by atoms with Crippen LogP contribution >= 0.6 is 0 Å². The van der Waals surface area contributed by atoms with Gasteiger partial charge in [0.2, 0.25) is 0 Å². The topological polar surface area (TPSA) is 43.4 Å². The molecule has 0 aliphatic heterocycles. The van der Waals surface area contributed by atoms with Gasteiger partial charge in [0.25, 0.3) is 0 Å². The lowest BCUT2D eigenvalue weighted by Crippen LogP contribution is -2.06. The van der Waals surface area contributed by atoms with Gasteiger partial charge in [-0.1, -0.05) is 18.2 Å². The summed E-state index contributed by atoms with van der Waals surface area (Å²) in [5, 5.41) is 0. The van der Waals surface area contributed by atoms with Crippen molar-refractivity contribution in [1.29, 1.82) is 0 Å². The molecule has 0 aromatic heterocycles. The Hall–Kier alpha value is -1.17. The van der Waals surface area contributed by atoms with Gasteiger partial charge in [-0.05, 0) is 6.07 Å². The third-order valence-corrected chi connectivity index (χ3v) is 2.16. The lowest BCUT2D eigenvalue weighted by Gasteiger charge is -2.08. The molecule has 0 bridgehead atoms. The van der Waals surface area contributed by atoms with Gasteiger partial charge < -0.3 is 4.74 Å². The molecular formula is C9H9F2O3S. The molecule has 1 radical (unpaired) electrons. The van der Waals surface area contributed by atoms with Gasteiger partial charge in [0.05, 0.1) is 0 Å². The highest BCUT2D eigenvalue weighted by atomic mass is 32.2. The molecule has 1 rings (SSSR count). The maximum atomic E-state index is 11.9. The molecule has 0 heterocycles. The van der Waals surface area contributed by atoms with Crippen LogP contribution in [0, 0.1) is 5.75 Å². The van der Waals surface area contributed by atoms with E-state index in [1.807, 2.05) is 0 Å². The molecule has 0 atom stereocenters. The van der Waals surface area contributed by atoms with Crippen LogP contribution in [-0.4, -0.2) is 21.3 Å². The molecular weight excluding hydrogens is 226 g/mol. The summed E-state index contributed by atoms with van der Waals surface area (Å²) < 4.78 is 49.9. The molecule has 0 spiro atoms. The normalized spacial score (nSPS) is 11.7. The van der Waals surface area contributed by atoms with E-state index in [1.165, 1.54) is 24.3 Å². The number of sulfone groups is 1. The summed E-state index contributed by atoms with van der Waals surface area (Å²) in [5.74, 6) is 0.725. The highest BCUT2D eigenvalue weighted by Crippen LogP contribution is 2.23. The van der Waals surface area contributed by atoms with Gasteiger partial charge >= 0.3 is 6.61 Å². The van der Waals surface area contributed by atoms with Crippen LogP contribution in [-0.2, 0) is 9.84 Å². The van der Waals surface area contributed by atoms with Crippen LogP contribution < -0.4 is 4.74 Å². The largest absolute Gasteiger partial charge is 0.434 e. The lowest BCUT2D eigenvalue weighted by atomic mass is 10.2. The number of para-hydroxylation sites is 1. The van der Waals surface area contributed by atoms with E-state index in [9.17, 15) is 17.2 Å². The van der Waals surface area contributed by atoms with Crippen molar-refractivity contribution in [2.24, 2.45) is 0 Å². The number of halogens is 2. The molecule has 83 valence electrons. The zero-order chi connectivity index (χ0) is 11.5. The SMILES string of the molecule is CS(=O)(=O)[CH]c1ccccc1OC(F)F. The van der Waals surface area contributed by atoms with Gasteiger partial charge in [0.15, 0.2) is 9.84 Å². The van der Waals surface area contributed by atoms with E-state index >= 15 is 0 Å². The standard InChI is InChI=1S/C9H9F2O3S/c1-15(12,13)6-7-4-2-3-5-8(7)14-9(10)11/h2-6,9H,1H3. The first-order chi connectivity index (χ1) is 6.88. The Balaban J connectivity index is 2.96. The number of rotatable bonds is 4. The molecule has 15 heavy (non-hydrogen) atoms. The molecule has 6 heteroatoms. The molecule has 1 aromatic rings. The van der Waals surface area contributed by atoms with Crippen LogP contribution in [0.5, 0.6) is 5.75 Å². The molecule has 0 amide bonds. The van der Waals surface area contributed by atoms with Crippen LogP contribution in [0.4, 0.5) is 8.78 Å². The van der Waals surface area contributed by atoms with Gasteiger partial charge in [0, 0.05) is 11.8 Å². The third-order valence-electron chi connectivity index (χ3n) is 1.48. The maximum Gasteiger partial charge on any atom is 0.387 e. The molecule has 3 nitrogen and oxygen atoms in total. The van der Waals surface area contributed by atoms with Crippen molar-refractivity contribution in [2.75, 3.05) is 6.26 Å². The lowest BCUT2D eigenvalue weighted by molar-refractivity contribution is -0.0501. The van der Waals surface area contributed by atoms with Crippen molar-refractivity contribution in [1.82, 2.24) is 0 Å². The Labute approximate surface area is 86.6 Å². The molecule has 0 aliphatic rings. The minimum atomic E-state index is -3.39. The molecule has 1 aromatic carbocycles. The molecule has 0 saturated heterocycles. The molecule has 0 N–H and O–H groups in total. The van der Waals surface area contributed by atoms with Crippen molar-refractivity contribution < 1.29 is 21.9 Å². The van der Waals surface area contributed by atoms with Crippen LogP contribution in [0.3, 0.4) is 0 Å². The fourth-order valence-corrected chi connectivity index (χ4v) is 1.67. The smallest absolute Gasteiger partial charge is 0.387 e. The first kappa shape index (κ1) is 11.9. The van der Waals surface area contributed by atoms with E-state index in [0.29, 0.717) is 0 Å². The fourth-order valence-electron chi connectivity index (χ4n) is 1.01. The Bertz CT molecular complexity index is 429. The Morgan fingerprint density at radius 3 is 2.47 bits per heavy atom. The van der Waals surface area contributed by atoms with E-state index in [4.69, 9.17) is 0 Å². The van der Waals surface area contributed by atoms with E-state index in [2.05, 4.69) is 4.74 Å². The number of hydrogen-bond acceptors (Lipinski definition) is 3. The van der Waals surface area contributed by atoms with Crippen LogP contribution in [0.25, 0.3) is 0 Å². The average molecular weight is 235 g/mol. The Morgan fingerprint density at radius 1 is 1.33 bits per heavy atom. The molecule has 0 fully saturated rings. The van der Waals surface area contributed by atoms with Crippen LogP contribution in [0.2, 0.25) is 0 Å². The summed E-state index contributed by atoms with van der Waals surface area (Å²) in [6.07, 6.45) is 0.978. The van der Waals surface area contributed by atoms with E-state index < -0.39 is 16.4 Å². The molecule has 0 aliphatic carbocycles. The van der Waals surface area contributed by atoms with E-state index in [-0.39, 0.29) is 11.3 Å². The number of ether oxygens (including phenoxy) is 1. The second-order valence-electron chi connectivity index (χ2n) is 2.86. The van der Waals surface area contributed by atoms with Crippen LogP contribution in [0.15, 0.2) is 24.3 Å². The number of alkyl halides is 2. The first-order valence-electron chi connectivity index (χ1n) is 3.97. The van der Waals surface area contributed by atoms with Crippen molar-refractivity contribution >= 4 is 9.84 Å². The quantitative estimate of drug-likeness (QED) is 0.799. The van der Waals surface area contributed by atoms with Crippen molar-refractivity contribution in [3.05, 3.63) is 35.6 Å². The fraction of sp³-hybridized carbons (Fsp3) is 0.222. The van der Waals surface area contributed by atoms with Crippen molar-refractivity contribution in [3.63, 3.8) is 0 Å². The van der Waals surface area contributed by atoms with Gasteiger partial charge in [-0.15, -0.1) is 0 Å². The Morgan fingerprint density at radius 2 is 1.93 bits per heavy atom. The highest BCUT2D eigenvalue weighted by molar-refractivity contribution is 7.92. The number of hydrogen-bond donors (Lipinski definition) is 0. The average Bonchev–Trinajstić information content (AvgIpc) is 2.05. The summed E-state index contributed by atoms with van der Waals surface area (Å²) >= 11 is 0. The summed E-state index contributed by atoms with van der Waals surface area (Å²) in [4.78, 5) is 0. The monoisotopic (exact) mass is 235 g/mol. The highest BCUT2D eigenvalue weighted by Gasteiger charge is 2.13. The van der Waals surface area contributed by atoms with Gasteiger partial charge in [-0.3, -0.25) is 0 Å². The van der Waals surface area contributed by atoms with Crippen LogP contribution in [0.1, 0.15) is 5.56 Å². The van der Waals surface area contributed by atoms with Gasteiger partial charge in [-0.25, -0.2) is 8.42 Å². The van der Waals surface area contributed by atoms with Gasteiger partial charge in [-0.2, -0.15) is 8.78 Å². The second-order valence-corrected chi connectivity index (χ2v) is 4.76. The predicted molar refractivity (Wildman–Crippen MR) is 51.3 cm³/mol. The summed E-state index contributed by atoms with van der Waals surface area (Å²) in [7, 11) is -3.39. The summed E-state index contributed by atoms with van der Waals surface area (Å²) in [6.45, 7) is -2.97. The predicted octanol–water partition coefficient (Wildman–Crippen LogP) is 1.84. The second kappa shape index (κ2) is 4.57. The minimum absolute atomic E-state index is 0.111. The number of benzene rings is 1. The van der Waals surface area contributed by atoms with Crippen molar-refractivity contribution in [2.45, 2.75) is 6.61 Å². The van der Waals surface area contributed by atoms with Gasteiger partial charge in [0.1, 0.15) is 11.5 Å². The molecule has 0 unspecified atom stereocenters. The van der Waals surface area contributed by atoms with E-state index in [1.54, 1.807) is 0 Å². The first-order valence-corrected chi connectivity index (χ1v) is 5.92. The summed E-state index contributed by atoms with van der Waals surface area (Å²) in [6, 6.07) is 5.69. The molecule has 0 saturated carbocycles. The summed E-state index contributed by atoms with van der Waals surface area (Å²) in [5.41, 5.74) is 0.111. The third kappa shape index (κ3) is 4.24. The minimum Gasteiger partial charge on any atom is -0.434 e. The maximum absolute atomic E-state index is 11.9. The van der Waals surface area contributed by atoms with Crippen molar-refractivity contribution in [3.8, 4) is 5.75 Å². The van der Waals surface area contributed by atoms with E-state index in [0.717, 1.165) is 12.0 Å².